The van der Waals surface area contributed by atoms with Crippen molar-refractivity contribution in [1.29, 1.82) is 0 Å². The minimum atomic E-state index is -3.60. The van der Waals surface area contributed by atoms with Crippen LogP contribution in [0.5, 0.6) is 0 Å². The lowest BCUT2D eigenvalue weighted by atomic mass is 10.1. The van der Waals surface area contributed by atoms with Gasteiger partial charge in [-0.2, -0.15) is 4.31 Å². The first-order valence-electron chi connectivity index (χ1n) is 11.5. The number of hydrogen-bond donors (Lipinski definition) is 2. The number of carbonyl (C=O) groups is 2. The van der Waals surface area contributed by atoms with E-state index in [4.69, 9.17) is 4.74 Å². The van der Waals surface area contributed by atoms with Gasteiger partial charge in [-0.1, -0.05) is 31.0 Å². The van der Waals surface area contributed by atoms with Crippen LogP contribution in [-0.2, 0) is 21.3 Å². The molecular weight excluding hydrogens is 454 g/mol. The third-order valence-corrected chi connectivity index (χ3v) is 7.24. The van der Waals surface area contributed by atoms with Crippen LogP contribution < -0.4 is 10.6 Å². The molecule has 3 rings (SSSR count). The molecule has 0 aromatic heterocycles. The smallest absolute Gasteiger partial charge is 0.407 e. The minimum absolute atomic E-state index is 0.177. The summed E-state index contributed by atoms with van der Waals surface area (Å²) in [5, 5.41) is 5.44. The Morgan fingerprint density at radius 3 is 2.24 bits per heavy atom. The predicted molar refractivity (Wildman–Crippen MR) is 131 cm³/mol. The summed E-state index contributed by atoms with van der Waals surface area (Å²) in [5.41, 5.74) is 1.07. The molecule has 2 aromatic rings. The second-order valence-corrected chi connectivity index (χ2v) is 11.3. The zero-order chi connectivity index (χ0) is 24.8. The fourth-order valence-electron chi connectivity index (χ4n) is 3.63. The second-order valence-electron chi connectivity index (χ2n) is 9.35. The normalized spacial score (nSPS) is 15.3. The quantitative estimate of drug-likeness (QED) is 0.623. The molecule has 0 saturated carbocycles. The number of benzene rings is 2. The zero-order valence-corrected chi connectivity index (χ0v) is 20.8. The summed E-state index contributed by atoms with van der Waals surface area (Å²) in [4.78, 5) is 24.7. The van der Waals surface area contributed by atoms with Gasteiger partial charge in [-0.25, -0.2) is 13.2 Å². The molecule has 1 aliphatic heterocycles. The average molecular weight is 488 g/mol. The lowest BCUT2D eigenvalue weighted by Crippen LogP contribution is -2.32. The van der Waals surface area contributed by atoms with Crippen LogP contribution in [0.3, 0.4) is 0 Å². The average Bonchev–Trinajstić information content (AvgIpc) is 3.07. The van der Waals surface area contributed by atoms with E-state index in [0.717, 1.165) is 31.2 Å². The summed E-state index contributed by atoms with van der Waals surface area (Å²) in [7, 11) is -3.60. The van der Waals surface area contributed by atoms with E-state index in [1.165, 1.54) is 10.4 Å². The van der Waals surface area contributed by atoms with E-state index in [1.807, 2.05) is 0 Å². The Morgan fingerprint density at radius 2 is 1.62 bits per heavy atom. The van der Waals surface area contributed by atoms with Gasteiger partial charge in [-0.3, -0.25) is 4.79 Å². The number of ether oxygens (including phenoxy) is 1. The summed E-state index contributed by atoms with van der Waals surface area (Å²) < 4.78 is 32.8. The first-order chi connectivity index (χ1) is 16.0. The summed E-state index contributed by atoms with van der Waals surface area (Å²) in [6.07, 6.45) is 3.29. The Kier molecular flexibility index (Phi) is 8.33. The highest BCUT2D eigenvalue weighted by molar-refractivity contribution is 7.89. The summed E-state index contributed by atoms with van der Waals surface area (Å²) in [5.74, 6) is -0.351. The predicted octanol–water partition coefficient (Wildman–Crippen LogP) is 4.53. The molecule has 8 nitrogen and oxygen atoms in total. The first kappa shape index (κ1) is 25.7. The van der Waals surface area contributed by atoms with E-state index in [2.05, 4.69) is 10.6 Å². The maximum absolute atomic E-state index is 13.0. The number of nitrogens with one attached hydrogen (secondary N) is 2. The Morgan fingerprint density at radius 1 is 0.971 bits per heavy atom. The van der Waals surface area contributed by atoms with Crippen LogP contribution in [0.15, 0.2) is 53.4 Å². The van der Waals surface area contributed by atoms with Gasteiger partial charge in [-0.15, -0.1) is 0 Å². The van der Waals surface area contributed by atoms with Gasteiger partial charge in [0.1, 0.15) is 5.60 Å². The monoisotopic (exact) mass is 487 g/mol. The van der Waals surface area contributed by atoms with Gasteiger partial charge in [0.25, 0.3) is 5.91 Å². The SMILES string of the molecule is CC(C)(C)OC(=O)NCc1ccc(C(=O)Nc2cccc(S(=O)(=O)N3CCCCCC3)c2)cc1. The molecule has 1 fully saturated rings. The third-order valence-electron chi connectivity index (χ3n) is 5.35. The van der Waals surface area contributed by atoms with Crippen molar-refractivity contribution >= 4 is 27.7 Å². The molecule has 1 aliphatic rings. The van der Waals surface area contributed by atoms with Gasteiger partial charge >= 0.3 is 6.09 Å². The van der Waals surface area contributed by atoms with Crippen LogP contribution >= 0.6 is 0 Å². The molecule has 2 aromatic carbocycles. The highest BCUT2D eigenvalue weighted by Crippen LogP contribution is 2.23. The Balaban J connectivity index is 1.62. The summed E-state index contributed by atoms with van der Waals surface area (Å²) in [6, 6.07) is 13.1. The lowest BCUT2D eigenvalue weighted by molar-refractivity contribution is 0.0523. The topological polar surface area (TPSA) is 105 Å². The number of anilines is 1. The zero-order valence-electron chi connectivity index (χ0n) is 20.0. The molecule has 0 spiro atoms. The van der Waals surface area contributed by atoms with Crippen molar-refractivity contribution in [2.45, 2.75) is 63.5 Å². The largest absolute Gasteiger partial charge is 0.444 e. The molecule has 0 aliphatic carbocycles. The maximum Gasteiger partial charge on any atom is 0.407 e. The van der Waals surface area contributed by atoms with Crippen LogP contribution in [0.2, 0.25) is 0 Å². The van der Waals surface area contributed by atoms with Crippen molar-refractivity contribution < 1.29 is 22.7 Å². The van der Waals surface area contributed by atoms with Gasteiger partial charge in [-0.05, 0) is 69.5 Å². The fourth-order valence-corrected chi connectivity index (χ4v) is 5.19. The molecular formula is C25H33N3O5S. The molecule has 2 amide bonds. The van der Waals surface area contributed by atoms with Crippen LogP contribution in [0.25, 0.3) is 0 Å². The number of nitrogens with zero attached hydrogens (tertiary/aromatic N) is 1. The van der Waals surface area contributed by atoms with E-state index in [1.54, 1.807) is 63.2 Å². The van der Waals surface area contributed by atoms with Crippen molar-refractivity contribution in [3.8, 4) is 0 Å². The molecule has 0 bridgehead atoms. The number of sulfonamides is 1. The van der Waals surface area contributed by atoms with E-state index >= 15 is 0 Å². The first-order valence-corrected chi connectivity index (χ1v) is 13.0. The van der Waals surface area contributed by atoms with Crippen molar-refractivity contribution in [1.82, 2.24) is 9.62 Å². The van der Waals surface area contributed by atoms with E-state index in [-0.39, 0.29) is 17.3 Å². The van der Waals surface area contributed by atoms with E-state index < -0.39 is 21.7 Å². The molecule has 34 heavy (non-hydrogen) atoms. The number of hydrogen-bond acceptors (Lipinski definition) is 5. The Labute approximate surface area is 201 Å². The minimum Gasteiger partial charge on any atom is -0.444 e. The Hall–Kier alpha value is -2.91. The van der Waals surface area contributed by atoms with Crippen molar-refractivity contribution in [3.63, 3.8) is 0 Å². The van der Waals surface area contributed by atoms with Gasteiger partial charge in [0.2, 0.25) is 10.0 Å². The lowest BCUT2D eigenvalue weighted by Gasteiger charge is -2.20. The summed E-state index contributed by atoms with van der Waals surface area (Å²) >= 11 is 0. The number of alkyl carbamates (subject to hydrolysis) is 1. The van der Waals surface area contributed by atoms with Crippen LogP contribution in [0.4, 0.5) is 10.5 Å². The van der Waals surface area contributed by atoms with Crippen molar-refractivity contribution in [3.05, 3.63) is 59.7 Å². The maximum atomic E-state index is 13.0. The van der Waals surface area contributed by atoms with E-state index in [9.17, 15) is 18.0 Å². The number of amides is 2. The van der Waals surface area contributed by atoms with Crippen molar-refractivity contribution in [2.24, 2.45) is 0 Å². The van der Waals surface area contributed by atoms with Gasteiger partial charge in [0.05, 0.1) is 4.90 Å². The molecule has 1 heterocycles. The van der Waals surface area contributed by atoms with Crippen LogP contribution in [0.1, 0.15) is 62.4 Å². The van der Waals surface area contributed by atoms with E-state index in [0.29, 0.717) is 24.3 Å². The highest BCUT2D eigenvalue weighted by Gasteiger charge is 2.25. The summed E-state index contributed by atoms with van der Waals surface area (Å²) in [6.45, 7) is 6.69. The fraction of sp³-hybridized carbons (Fsp3) is 0.440. The van der Waals surface area contributed by atoms with Gasteiger partial charge in [0, 0.05) is 30.9 Å². The van der Waals surface area contributed by atoms with Crippen LogP contribution in [0, 0.1) is 0 Å². The molecule has 0 radical (unpaired) electrons. The Bertz CT molecular complexity index is 1100. The third kappa shape index (κ3) is 7.30. The molecule has 0 atom stereocenters. The van der Waals surface area contributed by atoms with Gasteiger partial charge in [0.15, 0.2) is 0 Å². The standard InChI is InChI=1S/C25H33N3O5S/c1-25(2,3)33-24(30)26-18-19-11-13-20(14-12-19)23(29)27-21-9-8-10-22(17-21)34(31,32)28-15-6-4-5-7-16-28/h8-14,17H,4-7,15-16,18H2,1-3H3,(H,26,30)(H,27,29). The number of carbonyl (C=O) groups excluding carboxylic acids is 2. The molecule has 9 heteroatoms. The second kappa shape index (κ2) is 11.0. The molecule has 184 valence electrons. The van der Waals surface area contributed by atoms with Crippen LogP contribution in [-0.4, -0.2) is 43.4 Å². The van der Waals surface area contributed by atoms with Gasteiger partial charge < -0.3 is 15.4 Å². The van der Waals surface area contributed by atoms with Crippen molar-refractivity contribution in [2.75, 3.05) is 18.4 Å². The molecule has 1 saturated heterocycles. The number of rotatable bonds is 6. The molecule has 2 N–H and O–H groups in total. The highest BCUT2D eigenvalue weighted by atomic mass is 32.2. The molecule has 0 unspecified atom stereocenters.